The van der Waals surface area contributed by atoms with Gasteiger partial charge >= 0.3 is 0 Å². The van der Waals surface area contributed by atoms with Gasteiger partial charge in [-0.2, -0.15) is 0 Å². The summed E-state index contributed by atoms with van der Waals surface area (Å²) in [5.74, 6) is 0.604. The average Bonchev–Trinajstić information content (AvgIpc) is 2.56. The Labute approximate surface area is 138 Å². The average molecular weight is 314 g/mol. The largest absolute Gasteiger partial charge is 0.508 e. The lowest BCUT2D eigenvalue weighted by atomic mass is 9.97. The Morgan fingerprint density at radius 2 is 1.96 bits per heavy atom. The summed E-state index contributed by atoms with van der Waals surface area (Å²) < 4.78 is 0. The van der Waals surface area contributed by atoms with Gasteiger partial charge in [0, 0.05) is 39.1 Å². The zero-order valence-corrected chi connectivity index (χ0v) is 13.7. The quantitative estimate of drug-likeness (QED) is 0.869. The Balaban J connectivity index is 1.46. The van der Waals surface area contributed by atoms with Gasteiger partial charge in [-0.25, -0.2) is 0 Å². The fraction of sp³-hybridized carbons (Fsp3) is 0.526. The van der Waals surface area contributed by atoms with Crippen LogP contribution >= 0.6 is 0 Å². The molecule has 3 rings (SSSR count). The van der Waals surface area contributed by atoms with Crippen LogP contribution < -0.4 is 0 Å². The van der Waals surface area contributed by atoms with Crippen LogP contribution in [-0.2, 0) is 11.3 Å². The molecular weight excluding hydrogens is 288 g/mol. The van der Waals surface area contributed by atoms with Gasteiger partial charge in [0.05, 0.1) is 0 Å². The maximum atomic E-state index is 12.4. The van der Waals surface area contributed by atoms with E-state index in [1.165, 1.54) is 18.4 Å². The Morgan fingerprint density at radius 1 is 1.13 bits per heavy atom. The number of carbonyl (C=O) groups excluding carboxylic acids is 1. The van der Waals surface area contributed by atoms with E-state index in [-0.39, 0.29) is 5.91 Å². The van der Waals surface area contributed by atoms with E-state index in [1.54, 1.807) is 6.07 Å². The van der Waals surface area contributed by atoms with Gasteiger partial charge in [-0.15, -0.1) is 0 Å². The van der Waals surface area contributed by atoms with Crippen molar-refractivity contribution in [3.8, 4) is 5.75 Å². The molecule has 0 spiro atoms. The van der Waals surface area contributed by atoms with Crippen LogP contribution in [0, 0.1) is 0 Å². The lowest BCUT2D eigenvalue weighted by molar-refractivity contribution is -0.132. The second-order valence-electron chi connectivity index (χ2n) is 6.61. The van der Waals surface area contributed by atoms with E-state index in [0.717, 1.165) is 51.1 Å². The third-order valence-electron chi connectivity index (χ3n) is 4.81. The second-order valence-corrected chi connectivity index (χ2v) is 6.61. The predicted molar refractivity (Wildman–Crippen MR) is 91.1 cm³/mol. The molecule has 124 valence electrons. The molecule has 0 atom stereocenters. The van der Waals surface area contributed by atoms with Crippen molar-refractivity contribution in [2.45, 2.75) is 38.6 Å². The predicted octanol–water partition coefficient (Wildman–Crippen LogP) is 2.93. The van der Waals surface area contributed by atoms with Gasteiger partial charge in [0.25, 0.3) is 0 Å². The SMILES string of the molecule is O=C(CC1=CCCCC1)N1CCN(Cc2cccc(O)c2)CC1. The van der Waals surface area contributed by atoms with Crippen LogP contribution in [0.1, 0.15) is 37.7 Å². The van der Waals surface area contributed by atoms with Crippen LogP contribution in [0.15, 0.2) is 35.9 Å². The Hall–Kier alpha value is -1.81. The summed E-state index contributed by atoms with van der Waals surface area (Å²) in [6, 6.07) is 7.42. The van der Waals surface area contributed by atoms with E-state index < -0.39 is 0 Å². The number of aromatic hydroxyl groups is 1. The Bertz CT molecular complexity index is 574. The van der Waals surface area contributed by atoms with Gasteiger partial charge < -0.3 is 10.0 Å². The number of phenols is 1. The summed E-state index contributed by atoms with van der Waals surface area (Å²) >= 11 is 0. The van der Waals surface area contributed by atoms with E-state index in [4.69, 9.17) is 0 Å². The van der Waals surface area contributed by atoms with Gasteiger partial charge in [0.2, 0.25) is 5.91 Å². The fourth-order valence-electron chi connectivity index (χ4n) is 3.44. The Kier molecular flexibility index (Phi) is 5.34. The molecule has 0 aromatic heterocycles. The van der Waals surface area contributed by atoms with Crippen molar-refractivity contribution >= 4 is 5.91 Å². The van der Waals surface area contributed by atoms with Gasteiger partial charge in [-0.1, -0.05) is 23.8 Å². The van der Waals surface area contributed by atoms with Crippen LogP contribution in [0.5, 0.6) is 5.75 Å². The van der Waals surface area contributed by atoms with Crippen molar-refractivity contribution in [3.63, 3.8) is 0 Å². The molecule has 1 aromatic rings. The highest BCUT2D eigenvalue weighted by atomic mass is 16.3. The minimum Gasteiger partial charge on any atom is -0.508 e. The van der Waals surface area contributed by atoms with E-state index in [9.17, 15) is 9.90 Å². The van der Waals surface area contributed by atoms with E-state index in [2.05, 4.69) is 11.0 Å². The number of hydrogen-bond acceptors (Lipinski definition) is 3. The van der Waals surface area contributed by atoms with Crippen LogP contribution in [0.2, 0.25) is 0 Å². The van der Waals surface area contributed by atoms with Crippen molar-refractivity contribution in [1.29, 1.82) is 0 Å². The monoisotopic (exact) mass is 314 g/mol. The van der Waals surface area contributed by atoms with Crippen LogP contribution in [0.25, 0.3) is 0 Å². The van der Waals surface area contributed by atoms with E-state index >= 15 is 0 Å². The summed E-state index contributed by atoms with van der Waals surface area (Å²) in [6.45, 7) is 4.26. The number of rotatable bonds is 4. The molecule has 4 heteroatoms. The highest BCUT2D eigenvalue weighted by molar-refractivity contribution is 5.78. The summed E-state index contributed by atoms with van der Waals surface area (Å²) in [5, 5.41) is 9.54. The summed E-state index contributed by atoms with van der Waals surface area (Å²) in [5.41, 5.74) is 2.46. The fourth-order valence-corrected chi connectivity index (χ4v) is 3.44. The first-order chi connectivity index (χ1) is 11.2. The maximum absolute atomic E-state index is 12.4. The van der Waals surface area contributed by atoms with Gasteiger partial charge in [0.15, 0.2) is 0 Å². The van der Waals surface area contributed by atoms with E-state index in [0.29, 0.717) is 12.2 Å². The smallest absolute Gasteiger partial charge is 0.226 e. The van der Waals surface area contributed by atoms with Gasteiger partial charge in [0.1, 0.15) is 5.75 Å². The summed E-state index contributed by atoms with van der Waals surface area (Å²) in [7, 11) is 0. The molecule has 23 heavy (non-hydrogen) atoms. The molecule has 0 radical (unpaired) electrons. The molecule has 1 aromatic carbocycles. The highest BCUT2D eigenvalue weighted by Crippen LogP contribution is 2.21. The molecule has 1 N–H and O–H groups in total. The molecule has 1 heterocycles. The minimum absolute atomic E-state index is 0.287. The molecule has 1 saturated heterocycles. The van der Waals surface area contributed by atoms with Crippen molar-refractivity contribution in [2.24, 2.45) is 0 Å². The van der Waals surface area contributed by atoms with Gasteiger partial charge in [-0.3, -0.25) is 9.69 Å². The number of phenolic OH excluding ortho intramolecular Hbond substituents is 1. The molecule has 0 saturated carbocycles. The topological polar surface area (TPSA) is 43.8 Å². The first-order valence-electron chi connectivity index (χ1n) is 8.66. The number of hydrogen-bond donors (Lipinski definition) is 1. The molecule has 1 amide bonds. The van der Waals surface area contributed by atoms with E-state index in [1.807, 2.05) is 23.1 Å². The normalized spacial score (nSPS) is 19.5. The molecule has 1 aliphatic carbocycles. The number of piperazine rings is 1. The summed E-state index contributed by atoms with van der Waals surface area (Å²) in [4.78, 5) is 16.8. The molecular formula is C19H26N2O2. The zero-order valence-electron chi connectivity index (χ0n) is 13.7. The molecule has 1 aliphatic heterocycles. The molecule has 0 bridgehead atoms. The second kappa shape index (κ2) is 7.64. The third-order valence-corrected chi connectivity index (χ3v) is 4.81. The zero-order chi connectivity index (χ0) is 16.1. The first kappa shape index (κ1) is 16.1. The van der Waals surface area contributed by atoms with Crippen LogP contribution in [-0.4, -0.2) is 47.0 Å². The lowest BCUT2D eigenvalue weighted by Crippen LogP contribution is -2.48. The first-order valence-corrected chi connectivity index (χ1v) is 8.66. The van der Waals surface area contributed by atoms with Crippen molar-refractivity contribution < 1.29 is 9.90 Å². The van der Waals surface area contributed by atoms with Crippen molar-refractivity contribution in [3.05, 3.63) is 41.5 Å². The lowest BCUT2D eigenvalue weighted by Gasteiger charge is -2.35. The molecule has 0 unspecified atom stereocenters. The number of carbonyl (C=O) groups is 1. The van der Waals surface area contributed by atoms with Crippen molar-refractivity contribution in [1.82, 2.24) is 9.80 Å². The number of benzene rings is 1. The molecule has 4 nitrogen and oxygen atoms in total. The highest BCUT2D eigenvalue weighted by Gasteiger charge is 2.22. The number of nitrogens with zero attached hydrogens (tertiary/aromatic N) is 2. The summed E-state index contributed by atoms with van der Waals surface area (Å²) in [6.07, 6.45) is 7.62. The van der Waals surface area contributed by atoms with Crippen LogP contribution in [0.4, 0.5) is 0 Å². The molecule has 2 aliphatic rings. The number of amides is 1. The van der Waals surface area contributed by atoms with Gasteiger partial charge in [-0.05, 0) is 43.4 Å². The maximum Gasteiger partial charge on any atom is 0.226 e. The third kappa shape index (κ3) is 4.58. The Morgan fingerprint density at radius 3 is 2.65 bits per heavy atom. The number of allylic oxidation sites excluding steroid dienone is 1. The van der Waals surface area contributed by atoms with Crippen LogP contribution in [0.3, 0.4) is 0 Å². The minimum atomic E-state index is 0.287. The molecule has 1 fully saturated rings. The van der Waals surface area contributed by atoms with Crippen molar-refractivity contribution in [2.75, 3.05) is 26.2 Å². The standard InChI is InChI=1S/C19H26N2O2/c22-18-8-4-7-17(13-18)15-20-9-11-21(12-10-20)19(23)14-16-5-2-1-3-6-16/h4-5,7-8,13,22H,1-3,6,9-12,14-15H2.